The summed E-state index contributed by atoms with van der Waals surface area (Å²) in [5.41, 5.74) is 0. The van der Waals surface area contributed by atoms with Crippen LogP contribution in [0.2, 0.25) is 0 Å². The van der Waals surface area contributed by atoms with Crippen LogP contribution < -0.4 is 0 Å². The summed E-state index contributed by atoms with van der Waals surface area (Å²) in [7, 11) is 0. The number of hydrogen-bond acceptors (Lipinski definition) is 1. The maximum atomic E-state index is 5.13. The van der Waals surface area contributed by atoms with Crippen LogP contribution in [0.3, 0.4) is 0 Å². The third kappa shape index (κ3) is 24.6. The Morgan fingerprint density at radius 2 is 1.10 bits per heavy atom. The van der Waals surface area contributed by atoms with Crippen LogP contribution >= 0.6 is 0 Å². The van der Waals surface area contributed by atoms with E-state index >= 15 is 0 Å². The topological polar surface area (TPSA) is 9.23 Å². The van der Waals surface area contributed by atoms with Crippen molar-refractivity contribution in [3.63, 3.8) is 0 Å². The number of hydrogen-bond donors (Lipinski definition) is 0. The third-order valence-corrected chi connectivity index (χ3v) is 0.697. The molecule has 0 rings (SSSR count). The van der Waals surface area contributed by atoms with Gasteiger partial charge in [-0.3, -0.25) is 0 Å². The maximum Gasteiger partial charge on any atom is 0.0463 e. The van der Waals surface area contributed by atoms with Crippen LogP contribution in [0.5, 0.6) is 0 Å². The van der Waals surface area contributed by atoms with Crippen LogP contribution in [0.25, 0.3) is 0 Å². The summed E-state index contributed by atoms with van der Waals surface area (Å²) >= 11 is 0. The van der Waals surface area contributed by atoms with E-state index in [2.05, 4.69) is 27.7 Å². The minimum atomic E-state index is 0.924. The highest BCUT2D eigenvalue weighted by Crippen LogP contribution is 1.81. The molecule has 0 aliphatic rings. The molecule has 10 heavy (non-hydrogen) atoms. The Morgan fingerprint density at radius 1 is 0.800 bits per heavy atom. The van der Waals surface area contributed by atoms with E-state index in [1.54, 1.807) is 0 Å². The van der Waals surface area contributed by atoms with Crippen molar-refractivity contribution in [3.8, 4) is 0 Å². The van der Waals surface area contributed by atoms with Gasteiger partial charge in [-0.1, -0.05) is 34.1 Å². The minimum Gasteiger partial charge on any atom is -0.381 e. The first-order chi connectivity index (χ1) is 4.83. The molecule has 0 heterocycles. The fourth-order valence-corrected chi connectivity index (χ4v) is 0.391. The lowest BCUT2D eigenvalue weighted by Gasteiger charge is -1.95. The molecule has 64 valence electrons. The molecular weight excluding hydrogens is 124 g/mol. The first-order valence-electron chi connectivity index (χ1n) is 4.41. The summed E-state index contributed by atoms with van der Waals surface area (Å²) in [6.07, 6.45) is 3.53. The molecule has 0 fully saturated rings. The smallest absolute Gasteiger partial charge is 0.0463 e. The lowest BCUT2D eigenvalue weighted by atomic mass is 10.5. The van der Waals surface area contributed by atoms with Crippen molar-refractivity contribution in [2.45, 2.75) is 47.0 Å². The van der Waals surface area contributed by atoms with Gasteiger partial charge in [-0.15, -0.1) is 0 Å². The van der Waals surface area contributed by atoms with Gasteiger partial charge in [-0.05, 0) is 12.8 Å². The second-order valence-electron chi connectivity index (χ2n) is 2.32. The van der Waals surface area contributed by atoms with Crippen molar-refractivity contribution in [1.29, 1.82) is 0 Å². The Hall–Kier alpha value is -0.0400. The van der Waals surface area contributed by atoms with Gasteiger partial charge in [0, 0.05) is 13.2 Å². The molecule has 0 unspecified atom stereocenters. The number of rotatable bonds is 4. The summed E-state index contributed by atoms with van der Waals surface area (Å²) < 4.78 is 5.13. The van der Waals surface area contributed by atoms with Crippen molar-refractivity contribution in [2.75, 3.05) is 13.2 Å². The van der Waals surface area contributed by atoms with Gasteiger partial charge in [-0.2, -0.15) is 0 Å². The Kier molecular flexibility index (Phi) is 20.2. The summed E-state index contributed by atoms with van der Waals surface area (Å²) in [5.74, 6) is 0. The van der Waals surface area contributed by atoms with Crippen molar-refractivity contribution in [1.82, 2.24) is 0 Å². The molecule has 0 spiro atoms. The van der Waals surface area contributed by atoms with Gasteiger partial charge in [-0.25, -0.2) is 0 Å². The quantitative estimate of drug-likeness (QED) is 0.553. The lowest BCUT2D eigenvalue weighted by molar-refractivity contribution is 0.135. The van der Waals surface area contributed by atoms with Gasteiger partial charge in [0.25, 0.3) is 0 Å². The van der Waals surface area contributed by atoms with E-state index in [9.17, 15) is 0 Å². The van der Waals surface area contributed by atoms with Gasteiger partial charge >= 0.3 is 0 Å². The largest absolute Gasteiger partial charge is 0.381 e. The van der Waals surface area contributed by atoms with Crippen LogP contribution in [0, 0.1) is 0 Å². The molecule has 1 nitrogen and oxygen atoms in total. The second-order valence-corrected chi connectivity index (χ2v) is 2.32. The molecule has 0 radical (unpaired) electrons. The highest BCUT2D eigenvalue weighted by Gasteiger charge is 1.77. The van der Waals surface area contributed by atoms with Crippen molar-refractivity contribution >= 4 is 0 Å². The van der Waals surface area contributed by atoms with E-state index in [4.69, 9.17) is 4.74 Å². The average Bonchev–Trinajstić information content (AvgIpc) is 1.91. The predicted octanol–water partition coefficient (Wildman–Crippen LogP) is 3.24. The van der Waals surface area contributed by atoms with E-state index in [1.807, 2.05) is 0 Å². The molecule has 0 saturated carbocycles. The van der Waals surface area contributed by atoms with Crippen LogP contribution in [0.15, 0.2) is 0 Å². The fraction of sp³-hybridized carbons (Fsp3) is 1.00. The monoisotopic (exact) mass is 146 g/mol. The maximum absolute atomic E-state index is 5.13. The van der Waals surface area contributed by atoms with E-state index in [-0.39, 0.29) is 0 Å². The number of ether oxygens (including phenoxy) is 1. The zero-order valence-electron chi connectivity index (χ0n) is 7.94. The summed E-state index contributed by atoms with van der Waals surface area (Å²) in [6, 6.07) is 0. The van der Waals surface area contributed by atoms with Crippen LogP contribution in [0.4, 0.5) is 0 Å². The molecule has 0 aromatic rings. The lowest BCUT2D eigenvalue weighted by Crippen LogP contribution is -1.92. The van der Waals surface area contributed by atoms with Gasteiger partial charge in [0.2, 0.25) is 0 Å². The van der Waals surface area contributed by atoms with Crippen LogP contribution in [-0.2, 0) is 4.74 Å². The molecule has 0 N–H and O–H groups in total. The molecule has 0 bridgehead atoms. The van der Waals surface area contributed by atoms with Gasteiger partial charge in [0.15, 0.2) is 0 Å². The van der Waals surface area contributed by atoms with Gasteiger partial charge in [0.1, 0.15) is 0 Å². The van der Waals surface area contributed by atoms with Crippen LogP contribution in [-0.4, -0.2) is 13.2 Å². The van der Waals surface area contributed by atoms with Gasteiger partial charge < -0.3 is 4.74 Å². The normalized spacial score (nSPS) is 8.40. The molecule has 0 atom stereocenters. The first-order valence-corrected chi connectivity index (χ1v) is 4.41. The highest BCUT2D eigenvalue weighted by atomic mass is 16.5. The van der Waals surface area contributed by atoms with Crippen molar-refractivity contribution in [3.05, 3.63) is 0 Å². The van der Waals surface area contributed by atoms with Gasteiger partial charge in [0.05, 0.1) is 0 Å². The molecule has 0 amide bonds. The van der Waals surface area contributed by atoms with E-state index in [0.717, 1.165) is 26.1 Å². The molecule has 0 saturated heterocycles. The van der Waals surface area contributed by atoms with E-state index < -0.39 is 0 Å². The standard InChI is InChI=1S/C6H14O.C3H8/c1-3-5-7-6-4-2;1-3-2/h3-6H2,1-2H3;3H2,1-2H3. The molecule has 0 aliphatic heterocycles. The zero-order chi connectivity index (χ0) is 8.24. The average molecular weight is 146 g/mol. The SMILES string of the molecule is CCC.CCCOCCC. The summed E-state index contributed by atoms with van der Waals surface area (Å²) in [6.45, 7) is 10.3. The predicted molar refractivity (Wildman–Crippen MR) is 47.4 cm³/mol. The summed E-state index contributed by atoms with van der Waals surface area (Å²) in [4.78, 5) is 0. The first kappa shape index (κ1) is 12.6. The van der Waals surface area contributed by atoms with E-state index in [1.165, 1.54) is 6.42 Å². The third-order valence-electron chi connectivity index (χ3n) is 0.697. The molecule has 0 aromatic heterocycles. The van der Waals surface area contributed by atoms with E-state index in [0.29, 0.717) is 0 Å². The second kappa shape index (κ2) is 16.0. The Balaban J connectivity index is 0. The molecule has 0 aliphatic carbocycles. The molecule has 0 aromatic carbocycles. The molecule has 1 heteroatoms. The Labute approximate surface area is 65.8 Å². The Bertz CT molecular complexity index is 31.7. The summed E-state index contributed by atoms with van der Waals surface area (Å²) in [5, 5.41) is 0. The van der Waals surface area contributed by atoms with Crippen LogP contribution in [0.1, 0.15) is 47.0 Å². The minimum absolute atomic E-state index is 0.924. The fourth-order valence-electron chi connectivity index (χ4n) is 0.391. The zero-order valence-corrected chi connectivity index (χ0v) is 7.94. The highest BCUT2D eigenvalue weighted by molar-refractivity contribution is 4.25. The Morgan fingerprint density at radius 3 is 1.30 bits per heavy atom. The van der Waals surface area contributed by atoms with Crippen molar-refractivity contribution < 1.29 is 4.74 Å². The molecular formula is C9H22O. The van der Waals surface area contributed by atoms with Crippen molar-refractivity contribution in [2.24, 2.45) is 0 Å².